The van der Waals surface area contributed by atoms with E-state index in [0.717, 1.165) is 11.6 Å². The summed E-state index contributed by atoms with van der Waals surface area (Å²) >= 11 is 5.67. The van der Waals surface area contributed by atoms with Gasteiger partial charge in [-0.1, -0.05) is 17.7 Å². The minimum atomic E-state index is -4.46. The van der Waals surface area contributed by atoms with Gasteiger partial charge < -0.3 is 4.74 Å². The van der Waals surface area contributed by atoms with Crippen LogP contribution < -0.4 is 4.74 Å². The van der Waals surface area contributed by atoms with Gasteiger partial charge >= 0.3 is 6.18 Å². The number of hydrogen-bond donors (Lipinski definition) is 0. The monoisotopic (exact) mass is 339 g/mol. The highest BCUT2D eigenvalue weighted by Gasteiger charge is 2.32. The van der Waals surface area contributed by atoms with Crippen molar-refractivity contribution in [3.05, 3.63) is 63.7 Å². The Hall–Kier alpha value is -2.19. The third-order valence-corrected chi connectivity index (χ3v) is 3.49. The van der Waals surface area contributed by atoms with Crippen LogP contribution in [0.15, 0.2) is 36.4 Å². The van der Waals surface area contributed by atoms with Crippen LogP contribution in [-0.2, 0) is 12.6 Å². The van der Waals surface area contributed by atoms with Crippen molar-refractivity contribution in [3.8, 4) is 11.8 Å². The second-order valence-electron chi connectivity index (χ2n) is 5.06. The minimum absolute atomic E-state index is 0.274. The molecule has 2 aromatic rings. The van der Waals surface area contributed by atoms with Gasteiger partial charge in [0, 0.05) is 6.42 Å². The molecular weight excluding hydrogens is 327 g/mol. The Labute approximate surface area is 137 Å². The van der Waals surface area contributed by atoms with Gasteiger partial charge in [-0.25, -0.2) is 0 Å². The van der Waals surface area contributed by atoms with Gasteiger partial charge in [-0.05, 0) is 48.4 Å². The molecule has 0 atom stereocenters. The van der Waals surface area contributed by atoms with Crippen molar-refractivity contribution in [2.45, 2.75) is 19.5 Å². The van der Waals surface area contributed by atoms with E-state index in [1.165, 1.54) is 12.1 Å². The maximum absolute atomic E-state index is 12.6. The van der Waals surface area contributed by atoms with Gasteiger partial charge in [-0.2, -0.15) is 18.4 Å². The van der Waals surface area contributed by atoms with Crippen LogP contribution in [0.2, 0.25) is 5.02 Å². The Balaban J connectivity index is 2.01. The molecule has 6 heteroatoms. The Morgan fingerprint density at radius 3 is 2.52 bits per heavy atom. The first-order valence-corrected chi connectivity index (χ1v) is 7.17. The van der Waals surface area contributed by atoms with Gasteiger partial charge in [0.1, 0.15) is 5.75 Å². The van der Waals surface area contributed by atoms with E-state index in [4.69, 9.17) is 21.6 Å². The van der Waals surface area contributed by atoms with Crippen molar-refractivity contribution >= 4 is 11.6 Å². The smallest absolute Gasteiger partial charge is 0.417 e. The lowest BCUT2D eigenvalue weighted by molar-refractivity contribution is -0.137. The molecule has 0 aliphatic heterocycles. The third kappa shape index (κ3) is 4.64. The molecule has 120 valence electrons. The number of nitriles is 1. The maximum Gasteiger partial charge on any atom is 0.417 e. The van der Waals surface area contributed by atoms with E-state index in [9.17, 15) is 13.2 Å². The Morgan fingerprint density at radius 1 is 1.17 bits per heavy atom. The van der Waals surface area contributed by atoms with Crippen LogP contribution in [0.4, 0.5) is 13.2 Å². The van der Waals surface area contributed by atoms with Gasteiger partial charge in [0.15, 0.2) is 0 Å². The molecule has 0 N–H and O–H groups in total. The van der Waals surface area contributed by atoms with Gasteiger partial charge in [-0.15, -0.1) is 0 Å². The molecule has 0 fully saturated rings. The molecule has 2 aromatic carbocycles. The van der Waals surface area contributed by atoms with E-state index in [-0.39, 0.29) is 11.6 Å². The summed E-state index contributed by atoms with van der Waals surface area (Å²) in [5, 5.41) is 8.58. The second kappa shape index (κ2) is 6.93. The molecule has 0 aliphatic rings. The largest absolute Gasteiger partial charge is 0.493 e. The molecule has 2 rings (SSSR count). The summed E-state index contributed by atoms with van der Waals surface area (Å²) in [5.41, 5.74) is 1.20. The van der Waals surface area contributed by atoms with Crippen LogP contribution in [0.25, 0.3) is 0 Å². The molecule has 0 radical (unpaired) electrons. The number of ether oxygens (including phenoxy) is 1. The molecule has 0 aliphatic carbocycles. The van der Waals surface area contributed by atoms with Crippen LogP contribution in [0.1, 0.15) is 22.3 Å². The number of aryl methyl sites for hydroxylation is 1. The quantitative estimate of drug-likeness (QED) is 0.770. The molecular formula is C17H13ClF3NO. The zero-order chi connectivity index (χ0) is 17.0. The molecule has 0 bridgehead atoms. The summed E-state index contributed by atoms with van der Waals surface area (Å²) in [4.78, 5) is 0. The Kier molecular flexibility index (Phi) is 5.17. The predicted octanol–water partition coefficient (Wildman–Crippen LogP) is 5.16. The molecule has 0 saturated carbocycles. The lowest BCUT2D eigenvalue weighted by atomic mass is 10.1. The first-order chi connectivity index (χ1) is 10.8. The summed E-state index contributed by atoms with van der Waals surface area (Å²) in [7, 11) is 0. The highest BCUT2D eigenvalue weighted by Crippen LogP contribution is 2.35. The van der Waals surface area contributed by atoms with Crippen LogP contribution in [0.5, 0.6) is 5.75 Å². The molecule has 0 aromatic heterocycles. The second-order valence-corrected chi connectivity index (χ2v) is 5.46. The Bertz CT molecular complexity index is 750. The fourth-order valence-corrected chi connectivity index (χ4v) is 2.44. The van der Waals surface area contributed by atoms with Gasteiger partial charge in [0.05, 0.1) is 28.8 Å². The summed E-state index contributed by atoms with van der Waals surface area (Å²) in [6.45, 7) is 2.12. The zero-order valence-corrected chi connectivity index (χ0v) is 13.0. The number of alkyl halides is 3. The molecule has 23 heavy (non-hydrogen) atoms. The first-order valence-electron chi connectivity index (χ1n) is 6.80. The maximum atomic E-state index is 12.6. The molecule has 0 spiro atoms. The van der Waals surface area contributed by atoms with E-state index in [1.807, 2.05) is 13.0 Å². The molecule has 0 heterocycles. The molecule has 0 amide bonds. The van der Waals surface area contributed by atoms with E-state index < -0.39 is 11.7 Å². The number of hydrogen-bond acceptors (Lipinski definition) is 2. The van der Waals surface area contributed by atoms with Gasteiger partial charge in [-0.3, -0.25) is 0 Å². The van der Waals surface area contributed by atoms with Crippen LogP contribution in [-0.4, -0.2) is 6.61 Å². The highest BCUT2D eigenvalue weighted by molar-refractivity contribution is 6.31. The lowest BCUT2D eigenvalue weighted by Crippen LogP contribution is -2.07. The lowest BCUT2D eigenvalue weighted by Gasteiger charge is -2.11. The summed E-state index contributed by atoms with van der Waals surface area (Å²) in [6.07, 6.45) is -4.05. The van der Waals surface area contributed by atoms with Crippen molar-refractivity contribution < 1.29 is 17.9 Å². The van der Waals surface area contributed by atoms with Crippen molar-refractivity contribution in [1.82, 2.24) is 0 Å². The standard InChI is InChI=1S/C17H13ClF3NO/c1-11-6-13(10-22)8-14(7-11)23-5-4-12-2-3-15(16(18)9-12)17(19,20)21/h2-3,6-9H,4-5H2,1H3. The van der Waals surface area contributed by atoms with Gasteiger partial charge in [0.2, 0.25) is 0 Å². The van der Waals surface area contributed by atoms with E-state index in [0.29, 0.717) is 23.3 Å². The van der Waals surface area contributed by atoms with E-state index in [1.54, 1.807) is 18.2 Å². The zero-order valence-electron chi connectivity index (χ0n) is 12.2. The highest BCUT2D eigenvalue weighted by atomic mass is 35.5. The molecule has 0 unspecified atom stereocenters. The molecule has 0 saturated heterocycles. The van der Waals surface area contributed by atoms with E-state index in [2.05, 4.69) is 0 Å². The average molecular weight is 340 g/mol. The topological polar surface area (TPSA) is 33.0 Å². The Morgan fingerprint density at radius 2 is 1.91 bits per heavy atom. The number of halogens is 4. The number of rotatable bonds is 4. The minimum Gasteiger partial charge on any atom is -0.493 e. The summed E-state index contributed by atoms with van der Waals surface area (Å²) in [5.74, 6) is 0.555. The van der Waals surface area contributed by atoms with Crippen LogP contribution in [0.3, 0.4) is 0 Å². The van der Waals surface area contributed by atoms with E-state index >= 15 is 0 Å². The van der Waals surface area contributed by atoms with Crippen molar-refractivity contribution in [1.29, 1.82) is 5.26 Å². The number of benzene rings is 2. The van der Waals surface area contributed by atoms with Crippen molar-refractivity contribution in [2.75, 3.05) is 6.61 Å². The third-order valence-electron chi connectivity index (χ3n) is 3.18. The fourth-order valence-electron chi connectivity index (χ4n) is 2.13. The number of nitrogens with zero attached hydrogens (tertiary/aromatic N) is 1. The van der Waals surface area contributed by atoms with Crippen molar-refractivity contribution in [2.24, 2.45) is 0 Å². The summed E-state index contributed by atoms with van der Waals surface area (Å²) < 4.78 is 43.4. The SMILES string of the molecule is Cc1cc(C#N)cc(OCCc2ccc(C(F)(F)F)c(Cl)c2)c1. The first kappa shape index (κ1) is 17.2. The normalized spacial score (nSPS) is 11.1. The fraction of sp³-hybridized carbons (Fsp3) is 0.235. The molecule has 2 nitrogen and oxygen atoms in total. The van der Waals surface area contributed by atoms with Crippen LogP contribution in [0, 0.1) is 18.3 Å². The predicted molar refractivity (Wildman–Crippen MR) is 81.5 cm³/mol. The average Bonchev–Trinajstić information content (AvgIpc) is 2.45. The summed E-state index contributed by atoms with van der Waals surface area (Å²) in [6, 6.07) is 10.8. The van der Waals surface area contributed by atoms with Crippen molar-refractivity contribution in [3.63, 3.8) is 0 Å². The van der Waals surface area contributed by atoms with Gasteiger partial charge in [0.25, 0.3) is 0 Å². The van der Waals surface area contributed by atoms with Crippen LogP contribution >= 0.6 is 11.6 Å².